The fourth-order valence-corrected chi connectivity index (χ4v) is 2.88. The van der Waals surface area contributed by atoms with Crippen molar-refractivity contribution in [2.24, 2.45) is 0 Å². The number of carbonyl (C=O) groups is 3. The van der Waals surface area contributed by atoms with E-state index in [4.69, 9.17) is 11.6 Å². The van der Waals surface area contributed by atoms with Gasteiger partial charge in [-0.3, -0.25) is 14.4 Å². The lowest BCUT2D eigenvalue weighted by Gasteiger charge is -2.19. The maximum Gasteiger partial charge on any atom is 0.252 e. The van der Waals surface area contributed by atoms with Gasteiger partial charge < -0.3 is 16.0 Å². The van der Waals surface area contributed by atoms with Gasteiger partial charge in [0.1, 0.15) is 6.04 Å². The summed E-state index contributed by atoms with van der Waals surface area (Å²) in [5, 5.41) is 8.54. The van der Waals surface area contributed by atoms with Gasteiger partial charge in [0.15, 0.2) is 0 Å². The van der Waals surface area contributed by atoms with Crippen LogP contribution in [0.1, 0.15) is 22.0 Å². The second-order valence-electron chi connectivity index (χ2n) is 6.46. The molecule has 0 heterocycles. The third kappa shape index (κ3) is 5.93. The Morgan fingerprint density at radius 2 is 1.40 bits per heavy atom. The molecule has 3 aromatic rings. The summed E-state index contributed by atoms with van der Waals surface area (Å²) in [6, 6.07) is 23.1. The fraction of sp³-hybridized carbons (Fsp3) is 0.0870. The van der Waals surface area contributed by atoms with E-state index < -0.39 is 17.9 Å². The van der Waals surface area contributed by atoms with Crippen LogP contribution in [-0.4, -0.2) is 24.3 Å². The first-order chi connectivity index (χ1) is 14.5. The Kier molecular flexibility index (Phi) is 7.19. The van der Waals surface area contributed by atoms with Gasteiger partial charge in [-0.1, -0.05) is 60.1 Å². The van der Waals surface area contributed by atoms with E-state index in [-0.39, 0.29) is 12.5 Å². The van der Waals surface area contributed by atoms with Crippen LogP contribution < -0.4 is 16.0 Å². The molecule has 7 heteroatoms. The van der Waals surface area contributed by atoms with Crippen LogP contribution in [0.5, 0.6) is 0 Å². The standard InChI is InChI=1S/C23H20ClN3O3/c24-18-11-13-19(14-12-18)26-20(28)15-25-23(30)21(16-7-3-1-4-8-16)27-22(29)17-9-5-2-6-10-17/h1-14,21H,15H2,(H,25,30)(H,26,28)(H,27,29). The largest absolute Gasteiger partial charge is 0.345 e. The summed E-state index contributed by atoms with van der Waals surface area (Å²) in [5.41, 5.74) is 1.61. The minimum absolute atomic E-state index is 0.244. The van der Waals surface area contributed by atoms with Crippen molar-refractivity contribution >= 4 is 35.0 Å². The summed E-state index contributed by atoms with van der Waals surface area (Å²) in [5.74, 6) is -1.27. The molecule has 1 unspecified atom stereocenters. The zero-order valence-electron chi connectivity index (χ0n) is 16.0. The van der Waals surface area contributed by atoms with Crippen molar-refractivity contribution in [3.05, 3.63) is 101 Å². The molecular formula is C23H20ClN3O3. The average Bonchev–Trinajstić information content (AvgIpc) is 2.78. The molecule has 0 saturated heterocycles. The molecule has 0 aliphatic heterocycles. The highest BCUT2D eigenvalue weighted by Gasteiger charge is 2.23. The maximum atomic E-state index is 12.8. The van der Waals surface area contributed by atoms with E-state index >= 15 is 0 Å². The Hall–Kier alpha value is -3.64. The van der Waals surface area contributed by atoms with E-state index in [2.05, 4.69) is 16.0 Å². The summed E-state index contributed by atoms with van der Waals surface area (Å²) in [4.78, 5) is 37.5. The summed E-state index contributed by atoms with van der Waals surface area (Å²) in [6.07, 6.45) is 0. The summed E-state index contributed by atoms with van der Waals surface area (Å²) in [6.45, 7) is -0.244. The highest BCUT2D eigenvalue weighted by atomic mass is 35.5. The van der Waals surface area contributed by atoms with Crippen LogP contribution in [0.4, 0.5) is 5.69 Å². The van der Waals surface area contributed by atoms with Gasteiger partial charge in [-0.05, 0) is 42.0 Å². The van der Waals surface area contributed by atoms with Gasteiger partial charge in [-0.2, -0.15) is 0 Å². The molecular weight excluding hydrogens is 402 g/mol. The second kappa shape index (κ2) is 10.2. The Bertz CT molecular complexity index is 1010. The molecule has 0 saturated carbocycles. The number of rotatable bonds is 7. The average molecular weight is 422 g/mol. The molecule has 0 aliphatic rings. The number of hydrogen-bond acceptors (Lipinski definition) is 3. The minimum Gasteiger partial charge on any atom is -0.345 e. The first-order valence-corrected chi connectivity index (χ1v) is 9.65. The number of nitrogens with one attached hydrogen (secondary N) is 3. The Labute approximate surface area is 179 Å². The Balaban J connectivity index is 1.65. The zero-order valence-corrected chi connectivity index (χ0v) is 16.7. The third-order valence-corrected chi connectivity index (χ3v) is 4.51. The number of benzene rings is 3. The molecule has 0 spiro atoms. The topological polar surface area (TPSA) is 87.3 Å². The monoisotopic (exact) mass is 421 g/mol. The van der Waals surface area contributed by atoms with Crippen molar-refractivity contribution in [1.82, 2.24) is 10.6 Å². The van der Waals surface area contributed by atoms with Crippen LogP contribution in [0.2, 0.25) is 5.02 Å². The van der Waals surface area contributed by atoms with Gasteiger partial charge in [-0.25, -0.2) is 0 Å². The van der Waals surface area contributed by atoms with Crippen molar-refractivity contribution in [3.63, 3.8) is 0 Å². The maximum absolute atomic E-state index is 12.8. The molecule has 6 nitrogen and oxygen atoms in total. The molecule has 0 aromatic heterocycles. The van der Waals surface area contributed by atoms with E-state index in [1.165, 1.54) is 0 Å². The van der Waals surface area contributed by atoms with Crippen molar-refractivity contribution in [1.29, 1.82) is 0 Å². The number of carbonyl (C=O) groups excluding carboxylic acids is 3. The van der Waals surface area contributed by atoms with Gasteiger partial charge in [0.2, 0.25) is 11.8 Å². The van der Waals surface area contributed by atoms with Crippen LogP contribution in [0.25, 0.3) is 0 Å². The van der Waals surface area contributed by atoms with Crippen molar-refractivity contribution in [3.8, 4) is 0 Å². The SMILES string of the molecule is O=C(CNC(=O)C(NC(=O)c1ccccc1)c1ccccc1)Nc1ccc(Cl)cc1. The summed E-state index contributed by atoms with van der Waals surface area (Å²) in [7, 11) is 0. The van der Waals surface area contributed by atoms with Crippen molar-refractivity contribution < 1.29 is 14.4 Å². The van der Waals surface area contributed by atoms with E-state index in [1.54, 1.807) is 78.9 Å². The summed E-state index contributed by atoms with van der Waals surface area (Å²) < 4.78 is 0. The number of hydrogen-bond donors (Lipinski definition) is 3. The van der Waals surface area contributed by atoms with E-state index in [1.807, 2.05) is 6.07 Å². The van der Waals surface area contributed by atoms with Crippen molar-refractivity contribution in [2.75, 3.05) is 11.9 Å². The quantitative estimate of drug-likeness (QED) is 0.545. The molecule has 3 aromatic carbocycles. The molecule has 3 rings (SSSR count). The first kappa shape index (κ1) is 21.1. The van der Waals surface area contributed by atoms with Crippen LogP contribution in [0, 0.1) is 0 Å². The lowest BCUT2D eigenvalue weighted by molar-refractivity contribution is -0.125. The normalized spacial score (nSPS) is 11.2. The molecule has 3 N–H and O–H groups in total. The van der Waals surface area contributed by atoms with Crippen LogP contribution in [-0.2, 0) is 9.59 Å². The third-order valence-electron chi connectivity index (χ3n) is 4.26. The minimum atomic E-state index is -0.942. The molecule has 0 bridgehead atoms. The van der Waals surface area contributed by atoms with Gasteiger partial charge in [0.05, 0.1) is 6.54 Å². The van der Waals surface area contributed by atoms with Crippen molar-refractivity contribution in [2.45, 2.75) is 6.04 Å². The molecule has 0 aliphatic carbocycles. The number of halogens is 1. The first-order valence-electron chi connectivity index (χ1n) is 9.27. The fourth-order valence-electron chi connectivity index (χ4n) is 2.76. The molecule has 152 valence electrons. The molecule has 0 radical (unpaired) electrons. The van der Waals surface area contributed by atoms with E-state index in [0.717, 1.165) is 0 Å². The number of amides is 3. The molecule has 30 heavy (non-hydrogen) atoms. The van der Waals surface area contributed by atoms with Crippen LogP contribution in [0.15, 0.2) is 84.9 Å². The van der Waals surface area contributed by atoms with Gasteiger partial charge in [0, 0.05) is 16.3 Å². The molecule has 0 fully saturated rings. The molecule has 1 atom stereocenters. The van der Waals surface area contributed by atoms with Gasteiger partial charge >= 0.3 is 0 Å². The highest BCUT2D eigenvalue weighted by Crippen LogP contribution is 2.15. The number of anilines is 1. The van der Waals surface area contributed by atoms with Gasteiger partial charge in [-0.15, -0.1) is 0 Å². The van der Waals surface area contributed by atoms with Crippen LogP contribution >= 0.6 is 11.6 Å². The second-order valence-corrected chi connectivity index (χ2v) is 6.89. The van der Waals surface area contributed by atoms with Gasteiger partial charge in [0.25, 0.3) is 5.91 Å². The zero-order chi connectivity index (χ0) is 21.3. The predicted molar refractivity (Wildman–Crippen MR) is 116 cm³/mol. The summed E-state index contributed by atoms with van der Waals surface area (Å²) >= 11 is 5.83. The highest BCUT2D eigenvalue weighted by molar-refractivity contribution is 6.30. The Morgan fingerprint density at radius 3 is 2.03 bits per heavy atom. The van der Waals surface area contributed by atoms with E-state index in [0.29, 0.717) is 21.8 Å². The molecule has 3 amide bonds. The smallest absolute Gasteiger partial charge is 0.252 e. The predicted octanol–water partition coefficient (Wildman–Crippen LogP) is 3.57. The lowest BCUT2D eigenvalue weighted by atomic mass is 10.1. The van der Waals surface area contributed by atoms with E-state index in [9.17, 15) is 14.4 Å². The Morgan fingerprint density at radius 1 is 0.800 bits per heavy atom. The lowest BCUT2D eigenvalue weighted by Crippen LogP contribution is -2.43. The van der Waals surface area contributed by atoms with Crippen LogP contribution in [0.3, 0.4) is 0 Å².